The first-order valence-electron chi connectivity index (χ1n) is 9.97. The van der Waals surface area contributed by atoms with Crippen molar-refractivity contribution in [1.29, 1.82) is 0 Å². The van der Waals surface area contributed by atoms with Crippen LogP contribution in [-0.2, 0) is 14.8 Å². The summed E-state index contributed by atoms with van der Waals surface area (Å²) in [5.41, 5.74) is 2.78. The van der Waals surface area contributed by atoms with E-state index < -0.39 is 15.8 Å². The third-order valence-electron chi connectivity index (χ3n) is 5.74. The highest BCUT2D eigenvalue weighted by Crippen LogP contribution is 2.33. The lowest BCUT2D eigenvalue weighted by molar-refractivity contribution is -0.116. The fourth-order valence-corrected chi connectivity index (χ4v) is 5.15. The van der Waals surface area contributed by atoms with Crippen LogP contribution in [0.4, 0.5) is 10.1 Å². The Balaban J connectivity index is 1.83. The average Bonchev–Trinajstić information content (AvgIpc) is 3.13. The molecule has 2 heterocycles. The normalized spacial score (nSPS) is 15.2. The second-order valence-corrected chi connectivity index (χ2v) is 9.63. The number of carbonyl (C=O) groups excluding carboxylic acids is 1. The van der Waals surface area contributed by atoms with Gasteiger partial charge in [0.2, 0.25) is 5.91 Å². The highest BCUT2D eigenvalue weighted by atomic mass is 32.2. The molecule has 0 saturated carbocycles. The van der Waals surface area contributed by atoms with Gasteiger partial charge in [0.05, 0.1) is 10.4 Å². The van der Waals surface area contributed by atoms with Crippen LogP contribution in [0.1, 0.15) is 18.9 Å². The topological polar surface area (TPSA) is 62.6 Å². The number of halogens is 1. The van der Waals surface area contributed by atoms with Crippen LogP contribution in [-0.4, -0.2) is 50.4 Å². The summed E-state index contributed by atoms with van der Waals surface area (Å²) in [7, 11) is -0.268. The van der Waals surface area contributed by atoms with Gasteiger partial charge in [-0.2, -0.15) is 0 Å². The lowest BCUT2D eigenvalue weighted by atomic mass is 9.99. The predicted molar refractivity (Wildman–Crippen MR) is 120 cm³/mol. The Morgan fingerprint density at radius 2 is 1.84 bits per heavy atom. The van der Waals surface area contributed by atoms with E-state index in [0.717, 1.165) is 30.6 Å². The molecule has 2 aromatic carbocycles. The first-order chi connectivity index (χ1) is 14.7. The second-order valence-electron chi connectivity index (χ2n) is 7.82. The zero-order chi connectivity index (χ0) is 22.3. The molecule has 3 aromatic rings. The minimum absolute atomic E-state index is 0.0957. The van der Waals surface area contributed by atoms with Crippen molar-refractivity contribution in [1.82, 2.24) is 8.87 Å². The second kappa shape index (κ2) is 7.94. The van der Waals surface area contributed by atoms with Gasteiger partial charge in [-0.25, -0.2) is 16.8 Å². The van der Waals surface area contributed by atoms with Crippen LogP contribution in [0.2, 0.25) is 0 Å². The highest BCUT2D eigenvalue weighted by Gasteiger charge is 2.24. The molecule has 0 bridgehead atoms. The highest BCUT2D eigenvalue weighted by molar-refractivity contribution is 7.90. The lowest BCUT2D eigenvalue weighted by Crippen LogP contribution is -2.23. The molecule has 1 aromatic heterocycles. The Morgan fingerprint density at radius 3 is 2.45 bits per heavy atom. The number of amides is 1. The van der Waals surface area contributed by atoms with Crippen molar-refractivity contribution < 1.29 is 17.6 Å². The third-order valence-corrected chi connectivity index (χ3v) is 7.43. The zero-order valence-electron chi connectivity index (χ0n) is 17.7. The molecule has 6 nitrogen and oxygen atoms in total. The monoisotopic (exact) mass is 441 g/mol. The van der Waals surface area contributed by atoms with E-state index >= 15 is 0 Å². The van der Waals surface area contributed by atoms with E-state index in [1.165, 1.54) is 46.1 Å². The van der Waals surface area contributed by atoms with Gasteiger partial charge in [-0.15, -0.1) is 0 Å². The molecule has 162 valence electrons. The van der Waals surface area contributed by atoms with Gasteiger partial charge in [0.25, 0.3) is 10.0 Å². The summed E-state index contributed by atoms with van der Waals surface area (Å²) in [4.78, 5) is 15.3. The molecule has 0 unspecified atom stereocenters. The Kier molecular flexibility index (Phi) is 5.45. The molecule has 0 fully saturated rings. The molecule has 1 aliphatic rings. The van der Waals surface area contributed by atoms with E-state index in [-0.39, 0.29) is 10.8 Å². The van der Waals surface area contributed by atoms with Crippen LogP contribution < -0.4 is 4.90 Å². The van der Waals surface area contributed by atoms with Gasteiger partial charge < -0.3 is 9.80 Å². The fourth-order valence-electron chi connectivity index (χ4n) is 3.78. The molecular weight excluding hydrogens is 417 g/mol. The van der Waals surface area contributed by atoms with Crippen molar-refractivity contribution in [3.8, 4) is 0 Å². The summed E-state index contributed by atoms with van der Waals surface area (Å²) in [5.74, 6) is -0.556. The summed E-state index contributed by atoms with van der Waals surface area (Å²) in [6, 6.07) is 10.3. The number of rotatable bonds is 4. The van der Waals surface area contributed by atoms with E-state index in [2.05, 4.69) is 11.0 Å². The number of likely N-dealkylation sites (N-methyl/N-ethyl adjacent to an activating group) is 1. The smallest absolute Gasteiger partial charge is 0.268 e. The van der Waals surface area contributed by atoms with Gasteiger partial charge >= 0.3 is 0 Å². The molecule has 0 radical (unpaired) electrons. The van der Waals surface area contributed by atoms with E-state index in [1.807, 2.05) is 7.05 Å². The summed E-state index contributed by atoms with van der Waals surface area (Å²) in [5, 5.41) is 0.576. The van der Waals surface area contributed by atoms with Crippen molar-refractivity contribution in [2.75, 3.05) is 32.1 Å². The number of anilines is 1. The minimum atomic E-state index is -3.92. The SMILES string of the molecule is CC(=O)N(C)c1ccc(S(=O)(=O)n2cc(C3=CCN(C)CC3)c3cc(F)ccc32)cc1. The quantitative estimate of drug-likeness (QED) is 0.619. The van der Waals surface area contributed by atoms with Crippen LogP contribution in [0, 0.1) is 5.82 Å². The summed E-state index contributed by atoms with van der Waals surface area (Å²) in [6.45, 7) is 3.05. The van der Waals surface area contributed by atoms with Gasteiger partial charge in [-0.3, -0.25) is 4.79 Å². The van der Waals surface area contributed by atoms with Gasteiger partial charge in [0.1, 0.15) is 5.82 Å². The van der Waals surface area contributed by atoms with E-state index in [4.69, 9.17) is 0 Å². The van der Waals surface area contributed by atoms with Crippen LogP contribution in [0.5, 0.6) is 0 Å². The first-order valence-corrected chi connectivity index (χ1v) is 11.4. The average molecular weight is 442 g/mol. The Labute approximate surface area is 181 Å². The van der Waals surface area contributed by atoms with Crippen molar-refractivity contribution in [3.05, 3.63) is 66.1 Å². The Hall–Kier alpha value is -2.97. The number of nitrogens with zero attached hydrogens (tertiary/aromatic N) is 3. The number of fused-ring (bicyclic) bond motifs is 1. The summed E-state index contributed by atoms with van der Waals surface area (Å²) in [6.07, 6.45) is 4.41. The molecule has 8 heteroatoms. The minimum Gasteiger partial charge on any atom is -0.316 e. The van der Waals surface area contributed by atoms with Crippen LogP contribution in [0.25, 0.3) is 16.5 Å². The van der Waals surface area contributed by atoms with E-state index in [1.54, 1.807) is 25.4 Å². The summed E-state index contributed by atoms with van der Waals surface area (Å²) >= 11 is 0. The lowest BCUT2D eigenvalue weighted by Gasteiger charge is -2.21. The third kappa shape index (κ3) is 3.88. The largest absolute Gasteiger partial charge is 0.316 e. The molecule has 0 N–H and O–H groups in total. The Bertz CT molecular complexity index is 1290. The molecule has 4 rings (SSSR count). The van der Waals surface area contributed by atoms with Gasteiger partial charge in [0, 0.05) is 49.9 Å². The van der Waals surface area contributed by atoms with Crippen LogP contribution in [0.15, 0.2) is 59.6 Å². The molecule has 1 aliphatic heterocycles. The van der Waals surface area contributed by atoms with Crippen molar-refractivity contribution in [2.45, 2.75) is 18.2 Å². The molecular formula is C23H24FN3O3S. The number of benzene rings is 2. The predicted octanol–water partition coefficient (Wildman–Crippen LogP) is 3.72. The number of carbonyl (C=O) groups is 1. The number of aromatic nitrogens is 1. The maximum absolute atomic E-state index is 14.0. The van der Waals surface area contributed by atoms with Crippen LogP contribution in [0.3, 0.4) is 0 Å². The molecule has 0 atom stereocenters. The standard InChI is InChI=1S/C23H24FN3O3S/c1-16(28)26(3)19-5-7-20(8-6-19)31(29,30)27-15-22(17-10-12-25(2)13-11-17)21-14-18(24)4-9-23(21)27/h4-10,14-15H,11-13H2,1-3H3. The number of hydrogen-bond donors (Lipinski definition) is 0. The zero-order valence-corrected chi connectivity index (χ0v) is 18.5. The molecule has 0 spiro atoms. The van der Waals surface area contributed by atoms with Gasteiger partial charge in [-0.1, -0.05) is 6.08 Å². The van der Waals surface area contributed by atoms with Crippen LogP contribution >= 0.6 is 0 Å². The summed E-state index contributed by atoms with van der Waals surface area (Å²) < 4.78 is 42.2. The molecule has 1 amide bonds. The number of hydrogen-bond acceptors (Lipinski definition) is 4. The molecule has 0 aliphatic carbocycles. The molecule has 31 heavy (non-hydrogen) atoms. The van der Waals surface area contributed by atoms with Crippen molar-refractivity contribution in [3.63, 3.8) is 0 Å². The first kappa shape index (κ1) is 21.3. The molecule has 0 saturated heterocycles. The van der Waals surface area contributed by atoms with Crippen molar-refractivity contribution in [2.24, 2.45) is 0 Å². The van der Waals surface area contributed by atoms with Gasteiger partial charge in [-0.05, 0) is 61.5 Å². The Morgan fingerprint density at radius 1 is 1.13 bits per heavy atom. The van der Waals surface area contributed by atoms with Crippen molar-refractivity contribution >= 4 is 38.1 Å². The van der Waals surface area contributed by atoms with E-state index in [0.29, 0.717) is 16.6 Å². The maximum Gasteiger partial charge on any atom is 0.268 e. The van der Waals surface area contributed by atoms with E-state index in [9.17, 15) is 17.6 Å². The fraction of sp³-hybridized carbons (Fsp3) is 0.261. The van der Waals surface area contributed by atoms with Gasteiger partial charge in [0.15, 0.2) is 0 Å². The maximum atomic E-state index is 14.0.